The lowest BCUT2D eigenvalue weighted by Crippen LogP contribution is -2.19. The number of nitro benzene ring substituents is 1. The molecule has 0 spiro atoms. The minimum Gasteiger partial charge on any atom is -0.396 e. The number of aliphatic hydroxyl groups is 1. The van der Waals surface area contributed by atoms with E-state index in [0.29, 0.717) is 31.9 Å². The topological polar surface area (TPSA) is 84.6 Å². The van der Waals surface area contributed by atoms with Crippen LogP contribution in [0.3, 0.4) is 0 Å². The number of aliphatic hydroxyl groups excluding tert-OH is 1. The third kappa shape index (κ3) is 5.98. The molecule has 0 unspecified atom stereocenters. The van der Waals surface area contributed by atoms with Crippen molar-refractivity contribution >= 4 is 11.4 Å². The zero-order chi connectivity index (χ0) is 17.2. The minimum atomic E-state index is -0.424. The third-order valence-corrected chi connectivity index (χ3v) is 3.69. The minimum absolute atomic E-state index is 0.0278. The van der Waals surface area contributed by atoms with Gasteiger partial charge >= 0.3 is 0 Å². The highest BCUT2D eigenvalue weighted by atomic mass is 16.6. The van der Waals surface area contributed by atoms with Gasteiger partial charge in [-0.15, -0.1) is 0 Å². The van der Waals surface area contributed by atoms with Gasteiger partial charge in [-0.2, -0.15) is 0 Å². The molecule has 24 heavy (non-hydrogen) atoms. The Kier molecular flexibility index (Phi) is 7.20. The predicted octanol–water partition coefficient (Wildman–Crippen LogP) is 3.22. The van der Waals surface area contributed by atoms with Crippen LogP contribution in [0.15, 0.2) is 54.6 Å². The zero-order valence-corrected chi connectivity index (χ0v) is 13.4. The number of rotatable bonds is 10. The van der Waals surface area contributed by atoms with E-state index in [4.69, 9.17) is 4.74 Å². The molecule has 6 heteroatoms. The molecule has 0 aliphatic heterocycles. The van der Waals surface area contributed by atoms with Crippen molar-refractivity contribution in [1.82, 2.24) is 0 Å². The second kappa shape index (κ2) is 9.64. The molecule has 1 atom stereocenters. The molecule has 2 aromatic carbocycles. The number of ether oxygens (including phenoxy) is 1. The van der Waals surface area contributed by atoms with Gasteiger partial charge in [-0.05, 0) is 18.1 Å². The molecule has 0 saturated carbocycles. The van der Waals surface area contributed by atoms with Crippen LogP contribution in [0, 0.1) is 16.0 Å². The molecule has 0 aliphatic rings. The quantitative estimate of drug-likeness (QED) is 0.397. The van der Waals surface area contributed by atoms with E-state index in [-0.39, 0.29) is 18.2 Å². The number of benzene rings is 2. The average molecular weight is 330 g/mol. The van der Waals surface area contributed by atoms with Crippen LogP contribution in [0.5, 0.6) is 0 Å². The number of non-ortho nitro benzene ring substituents is 1. The Balaban J connectivity index is 1.72. The van der Waals surface area contributed by atoms with E-state index in [0.717, 1.165) is 5.56 Å². The first-order chi connectivity index (χ1) is 11.7. The van der Waals surface area contributed by atoms with Crippen LogP contribution in [0.4, 0.5) is 11.4 Å². The lowest BCUT2D eigenvalue weighted by atomic mass is 10.1. The zero-order valence-electron chi connectivity index (χ0n) is 13.4. The Bertz CT molecular complexity index is 634. The molecule has 2 aromatic rings. The van der Waals surface area contributed by atoms with E-state index in [2.05, 4.69) is 5.32 Å². The summed E-state index contributed by atoms with van der Waals surface area (Å²) in [5, 5.41) is 23.3. The van der Waals surface area contributed by atoms with Crippen molar-refractivity contribution in [2.45, 2.75) is 13.0 Å². The molecular weight excluding hydrogens is 308 g/mol. The van der Waals surface area contributed by atoms with Gasteiger partial charge in [-0.1, -0.05) is 36.4 Å². The monoisotopic (exact) mass is 330 g/mol. The van der Waals surface area contributed by atoms with E-state index >= 15 is 0 Å². The fourth-order valence-corrected chi connectivity index (χ4v) is 2.26. The number of hydrogen-bond acceptors (Lipinski definition) is 5. The fraction of sp³-hybridized carbons (Fsp3) is 0.333. The Hall–Kier alpha value is -2.44. The smallest absolute Gasteiger partial charge is 0.271 e. The molecule has 6 nitrogen and oxygen atoms in total. The average Bonchev–Trinajstić information content (AvgIpc) is 2.62. The number of hydrogen-bond donors (Lipinski definition) is 2. The van der Waals surface area contributed by atoms with Gasteiger partial charge in [0, 0.05) is 43.5 Å². The van der Waals surface area contributed by atoms with Gasteiger partial charge in [-0.25, -0.2) is 0 Å². The van der Waals surface area contributed by atoms with E-state index in [1.54, 1.807) is 12.1 Å². The number of nitro groups is 1. The van der Waals surface area contributed by atoms with Crippen molar-refractivity contribution in [3.05, 3.63) is 70.3 Å². The number of nitrogens with one attached hydrogen (secondary N) is 1. The summed E-state index contributed by atoms with van der Waals surface area (Å²) in [7, 11) is 0. The van der Waals surface area contributed by atoms with Gasteiger partial charge in [0.25, 0.3) is 5.69 Å². The first-order valence-electron chi connectivity index (χ1n) is 7.90. The molecule has 0 amide bonds. The standard InChI is InChI=1S/C18H22N2O4/c21-13-16(9-10-24-14-15-5-2-1-3-6-15)12-19-17-7-4-8-18(11-17)20(22)23/h1-8,11,16,19,21H,9-10,12-14H2/t16-/m0/s1. The first-order valence-corrected chi connectivity index (χ1v) is 7.90. The largest absolute Gasteiger partial charge is 0.396 e. The fourth-order valence-electron chi connectivity index (χ4n) is 2.26. The molecule has 0 heterocycles. The lowest BCUT2D eigenvalue weighted by molar-refractivity contribution is -0.384. The van der Waals surface area contributed by atoms with Crippen molar-refractivity contribution in [2.24, 2.45) is 5.92 Å². The van der Waals surface area contributed by atoms with Gasteiger partial charge < -0.3 is 15.2 Å². The summed E-state index contributed by atoms with van der Waals surface area (Å²) in [5.41, 5.74) is 1.84. The Morgan fingerprint density at radius 2 is 1.96 bits per heavy atom. The molecule has 0 fully saturated rings. The Labute approximate surface area is 141 Å². The molecular formula is C18H22N2O4. The normalized spacial score (nSPS) is 11.9. The molecule has 2 rings (SSSR count). The van der Waals surface area contributed by atoms with Gasteiger partial charge in [0.05, 0.1) is 11.5 Å². The summed E-state index contributed by atoms with van der Waals surface area (Å²) in [6.07, 6.45) is 0.714. The van der Waals surface area contributed by atoms with Crippen LogP contribution >= 0.6 is 0 Å². The molecule has 0 radical (unpaired) electrons. The summed E-state index contributed by atoms with van der Waals surface area (Å²) in [6.45, 7) is 1.68. The molecule has 128 valence electrons. The maximum absolute atomic E-state index is 10.8. The van der Waals surface area contributed by atoms with Gasteiger partial charge in [0.15, 0.2) is 0 Å². The molecule has 0 bridgehead atoms. The summed E-state index contributed by atoms with van der Waals surface area (Å²) in [6, 6.07) is 16.3. The first kappa shape index (κ1) is 17.9. The van der Waals surface area contributed by atoms with Crippen LogP contribution in [0.25, 0.3) is 0 Å². The second-order valence-electron chi connectivity index (χ2n) is 5.56. The lowest BCUT2D eigenvalue weighted by Gasteiger charge is -2.16. The van der Waals surface area contributed by atoms with Gasteiger partial charge in [0.1, 0.15) is 0 Å². The van der Waals surface area contributed by atoms with Crippen molar-refractivity contribution < 1.29 is 14.8 Å². The summed E-state index contributed by atoms with van der Waals surface area (Å²) < 4.78 is 5.63. The number of anilines is 1. The summed E-state index contributed by atoms with van der Waals surface area (Å²) in [4.78, 5) is 10.3. The van der Waals surface area contributed by atoms with Gasteiger partial charge in [-0.3, -0.25) is 10.1 Å². The molecule has 0 saturated heterocycles. The van der Waals surface area contributed by atoms with E-state index in [9.17, 15) is 15.2 Å². The van der Waals surface area contributed by atoms with Crippen molar-refractivity contribution in [3.63, 3.8) is 0 Å². The van der Waals surface area contributed by atoms with Crippen molar-refractivity contribution in [1.29, 1.82) is 0 Å². The van der Waals surface area contributed by atoms with Gasteiger partial charge in [0.2, 0.25) is 0 Å². The summed E-state index contributed by atoms with van der Waals surface area (Å²) in [5.74, 6) is 0.0278. The second-order valence-corrected chi connectivity index (χ2v) is 5.56. The van der Waals surface area contributed by atoms with Crippen molar-refractivity contribution in [2.75, 3.05) is 25.1 Å². The van der Waals surface area contributed by atoms with Crippen LogP contribution < -0.4 is 5.32 Å². The van der Waals surface area contributed by atoms with Crippen LogP contribution in [-0.2, 0) is 11.3 Å². The summed E-state index contributed by atoms with van der Waals surface area (Å²) >= 11 is 0. The van der Waals surface area contributed by atoms with E-state index in [1.807, 2.05) is 30.3 Å². The SMILES string of the molecule is O=[N+]([O-])c1cccc(NC[C@@H](CO)CCOCc2ccccc2)c1. The van der Waals surface area contributed by atoms with Crippen LogP contribution in [0.2, 0.25) is 0 Å². The number of nitrogens with zero attached hydrogens (tertiary/aromatic N) is 1. The third-order valence-electron chi connectivity index (χ3n) is 3.69. The maximum atomic E-state index is 10.8. The molecule has 0 aliphatic carbocycles. The predicted molar refractivity (Wildman–Crippen MR) is 92.9 cm³/mol. The Morgan fingerprint density at radius 1 is 1.17 bits per heavy atom. The van der Waals surface area contributed by atoms with E-state index < -0.39 is 4.92 Å². The molecule has 0 aromatic heterocycles. The highest BCUT2D eigenvalue weighted by molar-refractivity contribution is 5.50. The Morgan fingerprint density at radius 3 is 2.67 bits per heavy atom. The highest BCUT2D eigenvalue weighted by Gasteiger charge is 2.09. The highest BCUT2D eigenvalue weighted by Crippen LogP contribution is 2.17. The van der Waals surface area contributed by atoms with Crippen LogP contribution in [0.1, 0.15) is 12.0 Å². The van der Waals surface area contributed by atoms with Crippen molar-refractivity contribution in [3.8, 4) is 0 Å². The molecule has 2 N–H and O–H groups in total. The maximum Gasteiger partial charge on any atom is 0.271 e. The van der Waals surface area contributed by atoms with E-state index in [1.165, 1.54) is 12.1 Å². The van der Waals surface area contributed by atoms with Crippen LogP contribution in [-0.4, -0.2) is 29.8 Å².